The number of primary amides is 1. The summed E-state index contributed by atoms with van der Waals surface area (Å²) >= 11 is 0. The van der Waals surface area contributed by atoms with Gasteiger partial charge in [-0.25, -0.2) is 0 Å². The molecule has 0 spiro atoms. The zero-order valence-electron chi connectivity index (χ0n) is 9.77. The minimum absolute atomic E-state index is 0.260. The van der Waals surface area contributed by atoms with Gasteiger partial charge in [-0.1, -0.05) is 6.92 Å². The second kappa shape index (κ2) is 4.29. The summed E-state index contributed by atoms with van der Waals surface area (Å²) in [5, 5.41) is 0. The summed E-state index contributed by atoms with van der Waals surface area (Å²) in [6.45, 7) is 3.12. The Morgan fingerprint density at radius 2 is 2.31 bits per heavy atom. The van der Waals surface area contributed by atoms with Crippen molar-refractivity contribution in [3.8, 4) is 0 Å². The molecular formula is C12H18N2O2. The largest absolute Gasteiger partial charge is 0.464 e. The number of furan rings is 1. The molecule has 1 fully saturated rings. The number of likely N-dealkylation sites (N-methyl/N-ethyl adjacent to an activating group) is 1. The first-order valence-corrected chi connectivity index (χ1v) is 5.61. The fourth-order valence-electron chi connectivity index (χ4n) is 1.99. The summed E-state index contributed by atoms with van der Waals surface area (Å²) in [5.41, 5.74) is 5.12. The van der Waals surface area contributed by atoms with Gasteiger partial charge in [-0.05, 0) is 31.5 Å². The maximum Gasteiger partial charge on any atom is 0.231 e. The van der Waals surface area contributed by atoms with Crippen molar-refractivity contribution in [2.24, 2.45) is 11.7 Å². The Balaban J connectivity index is 1.90. The van der Waals surface area contributed by atoms with E-state index in [0.29, 0.717) is 12.5 Å². The van der Waals surface area contributed by atoms with Crippen LogP contribution in [0.3, 0.4) is 0 Å². The van der Waals surface area contributed by atoms with Crippen LogP contribution in [-0.4, -0.2) is 24.4 Å². The molecule has 16 heavy (non-hydrogen) atoms. The molecule has 0 saturated heterocycles. The molecule has 0 bridgehead atoms. The van der Waals surface area contributed by atoms with E-state index >= 15 is 0 Å². The molecule has 1 saturated carbocycles. The van der Waals surface area contributed by atoms with E-state index in [0.717, 1.165) is 17.4 Å². The van der Waals surface area contributed by atoms with Crippen LogP contribution < -0.4 is 5.73 Å². The number of rotatable bonds is 5. The van der Waals surface area contributed by atoms with Crippen molar-refractivity contribution >= 4 is 5.91 Å². The molecule has 0 unspecified atom stereocenters. The highest BCUT2D eigenvalue weighted by Gasteiger charge is 2.36. The maximum atomic E-state index is 10.7. The highest BCUT2D eigenvalue weighted by atomic mass is 16.3. The van der Waals surface area contributed by atoms with Crippen LogP contribution in [0.15, 0.2) is 16.5 Å². The fraction of sp³-hybridized carbons (Fsp3) is 0.583. The number of carbonyl (C=O) groups is 1. The number of hydrogen-bond acceptors (Lipinski definition) is 3. The van der Waals surface area contributed by atoms with Gasteiger partial charge in [0.15, 0.2) is 0 Å². The predicted octanol–water partition coefficient (Wildman–Crippen LogP) is 1.32. The first-order valence-electron chi connectivity index (χ1n) is 5.61. The minimum Gasteiger partial charge on any atom is -0.464 e. The molecule has 4 nitrogen and oxygen atoms in total. The number of carbonyl (C=O) groups excluding carboxylic acids is 1. The normalized spacial score (nSPS) is 23.7. The first kappa shape index (κ1) is 11.2. The average molecular weight is 222 g/mol. The van der Waals surface area contributed by atoms with Gasteiger partial charge in [-0.3, -0.25) is 9.69 Å². The van der Waals surface area contributed by atoms with Crippen LogP contribution in [0.4, 0.5) is 0 Å². The fourth-order valence-corrected chi connectivity index (χ4v) is 1.99. The van der Waals surface area contributed by atoms with Gasteiger partial charge < -0.3 is 10.2 Å². The highest BCUT2D eigenvalue weighted by molar-refractivity contribution is 5.75. The summed E-state index contributed by atoms with van der Waals surface area (Å²) in [6.07, 6.45) is 1.23. The second-order valence-corrected chi connectivity index (χ2v) is 4.76. The lowest BCUT2D eigenvalue weighted by atomic mass is 10.3. The van der Waals surface area contributed by atoms with Crippen molar-refractivity contribution in [1.82, 2.24) is 4.90 Å². The molecule has 1 aliphatic carbocycles. The zero-order chi connectivity index (χ0) is 11.7. The van der Waals surface area contributed by atoms with Crippen molar-refractivity contribution in [2.75, 3.05) is 13.6 Å². The topological polar surface area (TPSA) is 59.5 Å². The average Bonchev–Trinajstić information content (AvgIpc) is 2.73. The molecule has 88 valence electrons. The van der Waals surface area contributed by atoms with E-state index in [1.807, 2.05) is 24.1 Å². The van der Waals surface area contributed by atoms with E-state index in [9.17, 15) is 4.79 Å². The van der Waals surface area contributed by atoms with Gasteiger partial charge in [-0.2, -0.15) is 0 Å². The summed E-state index contributed by atoms with van der Waals surface area (Å²) < 4.78 is 5.74. The Kier molecular flexibility index (Phi) is 3.01. The van der Waals surface area contributed by atoms with Gasteiger partial charge in [0, 0.05) is 5.92 Å². The Morgan fingerprint density at radius 3 is 2.88 bits per heavy atom. The number of nitrogens with two attached hydrogens (primary N) is 1. The Morgan fingerprint density at radius 1 is 1.62 bits per heavy atom. The summed E-state index contributed by atoms with van der Waals surface area (Å²) in [6, 6.07) is 4.03. The Hall–Kier alpha value is -1.29. The lowest BCUT2D eigenvalue weighted by Gasteiger charge is -2.11. The number of hydrogen-bond donors (Lipinski definition) is 1. The van der Waals surface area contributed by atoms with Crippen LogP contribution in [0.1, 0.15) is 30.8 Å². The van der Waals surface area contributed by atoms with Crippen molar-refractivity contribution < 1.29 is 9.21 Å². The summed E-state index contributed by atoms with van der Waals surface area (Å²) in [4.78, 5) is 12.6. The molecule has 2 atom stereocenters. The van der Waals surface area contributed by atoms with Crippen molar-refractivity contribution in [1.29, 1.82) is 0 Å². The third-order valence-electron chi connectivity index (χ3n) is 3.01. The van der Waals surface area contributed by atoms with Crippen LogP contribution in [-0.2, 0) is 11.3 Å². The maximum absolute atomic E-state index is 10.7. The van der Waals surface area contributed by atoms with E-state index in [-0.39, 0.29) is 12.5 Å². The van der Waals surface area contributed by atoms with Gasteiger partial charge in [0.1, 0.15) is 11.5 Å². The van der Waals surface area contributed by atoms with E-state index in [4.69, 9.17) is 10.2 Å². The molecule has 1 aliphatic rings. The quantitative estimate of drug-likeness (QED) is 0.817. The molecule has 0 radical (unpaired) electrons. The van der Waals surface area contributed by atoms with E-state index in [2.05, 4.69) is 6.92 Å². The summed E-state index contributed by atoms with van der Waals surface area (Å²) in [5.74, 6) is 3.02. The molecule has 2 rings (SSSR count). The monoisotopic (exact) mass is 222 g/mol. The molecule has 0 aliphatic heterocycles. The standard InChI is InChI=1S/C12H18N2O2/c1-8-5-10(8)11-4-3-9(16-11)6-14(2)7-12(13)15/h3-4,8,10H,5-7H2,1-2H3,(H2,13,15)/t8-,10+/m1/s1. The van der Waals surface area contributed by atoms with Crippen LogP contribution in [0.5, 0.6) is 0 Å². The first-order chi connectivity index (χ1) is 7.56. The van der Waals surface area contributed by atoms with Crippen molar-refractivity contribution in [3.63, 3.8) is 0 Å². The van der Waals surface area contributed by atoms with E-state index < -0.39 is 0 Å². The number of nitrogens with zero attached hydrogens (tertiary/aromatic N) is 1. The van der Waals surface area contributed by atoms with Gasteiger partial charge in [0.05, 0.1) is 13.1 Å². The third-order valence-corrected chi connectivity index (χ3v) is 3.01. The van der Waals surface area contributed by atoms with Crippen molar-refractivity contribution in [3.05, 3.63) is 23.7 Å². The number of amides is 1. The van der Waals surface area contributed by atoms with Crippen molar-refractivity contribution in [2.45, 2.75) is 25.8 Å². The van der Waals surface area contributed by atoms with Gasteiger partial charge >= 0.3 is 0 Å². The van der Waals surface area contributed by atoms with E-state index in [1.54, 1.807) is 0 Å². The smallest absolute Gasteiger partial charge is 0.231 e. The highest BCUT2D eigenvalue weighted by Crippen LogP contribution is 2.47. The molecule has 0 aromatic carbocycles. The second-order valence-electron chi connectivity index (χ2n) is 4.76. The lowest BCUT2D eigenvalue weighted by molar-refractivity contribution is -0.119. The van der Waals surface area contributed by atoms with E-state index in [1.165, 1.54) is 6.42 Å². The summed E-state index contributed by atoms with van der Waals surface area (Å²) in [7, 11) is 1.85. The molecule has 1 amide bonds. The molecular weight excluding hydrogens is 204 g/mol. The van der Waals surface area contributed by atoms with Crippen LogP contribution in [0.25, 0.3) is 0 Å². The molecule has 1 aromatic rings. The minimum atomic E-state index is -0.315. The third kappa shape index (κ3) is 2.64. The van der Waals surface area contributed by atoms with Crippen LogP contribution in [0.2, 0.25) is 0 Å². The molecule has 1 heterocycles. The van der Waals surface area contributed by atoms with Gasteiger partial charge in [0.2, 0.25) is 5.91 Å². The Bertz CT molecular complexity index is 386. The van der Waals surface area contributed by atoms with Gasteiger partial charge in [0.25, 0.3) is 0 Å². The van der Waals surface area contributed by atoms with Crippen LogP contribution >= 0.6 is 0 Å². The lowest BCUT2D eigenvalue weighted by Crippen LogP contribution is -2.30. The SMILES string of the molecule is C[C@@H]1C[C@@H]1c1ccc(CN(C)CC(N)=O)o1. The zero-order valence-corrected chi connectivity index (χ0v) is 9.77. The molecule has 4 heteroatoms. The van der Waals surface area contributed by atoms with Crippen LogP contribution in [0, 0.1) is 5.92 Å². The molecule has 2 N–H and O–H groups in total. The predicted molar refractivity (Wildman–Crippen MR) is 60.8 cm³/mol. The Labute approximate surface area is 95.4 Å². The van der Waals surface area contributed by atoms with Gasteiger partial charge in [-0.15, -0.1) is 0 Å². The molecule has 1 aromatic heterocycles.